The van der Waals surface area contributed by atoms with E-state index in [9.17, 15) is 14.6 Å². The van der Waals surface area contributed by atoms with Crippen molar-refractivity contribution in [1.82, 2.24) is 9.55 Å². The largest absolute Gasteiger partial charge is 0.390 e. The normalized spacial score (nSPS) is 39.4. The third kappa shape index (κ3) is 2.07. The molecule has 0 spiro atoms. The van der Waals surface area contributed by atoms with Gasteiger partial charge in [-0.2, -0.15) is 0 Å². The Hall–Kier alpha value is -1.72. The summed E-state index contributed by atoms with van der Waals surface area (Å²) in [7, 11) is 0. The minimum absolute atomic E-state index is 0.188. The quantitative estimate of drug-likeness (QED) is 0.871. The fraction of sp³-hybridized carbons (Fsp3) is 0.591. The number of halogens is 1. The molecule has 2 atom stereocenters. The van der Waals surface area contributed by atoms with Gasteiger partial charge in [-0.3, -0.25) is 0 Å². The zero-order valence-electron chi connectivity index (χ0n) is 15.3. The van der Waals surface area contributed by atoms with Gasteiger partial charge in [0.1, 0.15) is 5.82 Å². The summed E-state index contributed by atoms with van der Waals surface area (Å²) in [5, 5.41) is 22.9. The van der Waals surface area contributed by atoms with Crippen LogP contribution in [-0.4, -0.2) is 31.5 Å². The first-order valence-corrected chi connectivity index (χ1v) is 10.3. The Morgan fingerprint density at radius 2 is 1.85 bits per heavy atom. The molecule has 4 nitrogen and oxygen atoms in total. The van der Waals surface area contributed by atoms with E-state index in [0.717, 1.165) is 48.8 Å². The van der Waals surface area contributed by atoms with Crippen LogP contribution in [0.1, 0.15) is 50.1 Å². The Labute approximate surface area is 158 Å². The minimum atomic E-state index is -1.03. The second-order valence-electron chi connectivity index (χ2n) is 9.35. The van der Waals surface area contributed by atoms with Gasteiger partial charge in [-0.15, -0.1) is 0 Å². The van der Waals surface area contributed by atoms with E-state index < -0.39 is 11.7 Å². The van der Waals surface area contributed by atoms with Gasteiger partial charge in [-0.1, -0.05) is 12.1 Å². The van der Waals surface area contributed by atoms with Gasteiger partial charge < -0.3 is 14.8 Å². The summed E-state index contributed by atoms with van der Waals surface area (Å²) >= 11 is 0. The molecule has 7 rings (SSSR count). The van der Waals surface area contributed by atoms with Crippen molar-refractivity contribution in [3.63, 3.8) is 0 Å². The van der Waals surface area contributed by atoms with E-state index in [1.807, 2.05) is 10.6 Å². The van der Waals surface area contributed by atoms with Crippen LogP contribution in [0.2, 0.25) is 0 Å². The third-order valence-corrected chi connectivity index (χ3v) is 8.09. The van der Waals surface area contributed by atoms with E-state index in [2.05, 4.69) is 4.98 Å². The lowest BCUT2D eigenvalue weighted by atomic mass is 9.48. The Morgan fingerprint density at radius 3 is 2.56 bits per heavy atom. The molecule has 142 valence electrons. The lowest BCUT2D eigenvalue weighted by molar-refractivity contribution is -0.223. The number of hydrogen-bond donors (Lipinski definition) is 2. The molecule has 1 aliphatic heterocycles. The van der Waals surface area contributed by atoms with Crippen molar-refractivity contribution in [2.24, 2.45) is 23.7 Å². The molecule has 4 saturated carbocycles. The maximum absolute atomic E-state index is 14.7. The number of hydrogen-bond acceptors (Lipinski definition) is 3. The highest BCUT2D eigenvalue weighted by atomic mass is 19.1. The number of nitrogens with zero attached hydrogens (tertiary/aromatic N) is 2. The van der Waals surface area contributed by atoms with Crippen molar-refractivity contribution < 1.29 is 14.6 Å². The van der Waals surface area contributed by atoms with Gasteiger partial charge in [0.2, 0.25) is 0 Å². The minimum Gasteiger partial charge on any atom is -0.390 e. The van der Waals surface area contributed by atoms with Crippen molar-refractivity contribution in [2.75, 3.05) is 0 Å². The predicted molar refractivity (Wildman–Crippen MR) is 98.4 cm³/mol. The molecule has 2 N–H and O–H groups in total. The van der Waals surface area contributed by atoms with Crippen LogP contribution >= 0.6 is 0 Å². The van der Waals surface area contributed by atoms with Crippen LogP contribution in [0.15, 0.2) is 30.7 Å². The van der Waals surface area contributed by atoms with E-state index in [-0.39, 0.29) is 23.7 Å². The first kappa shape index (κ1) is 16.3. The van der Waals surface area contributed by atoms with Gasteiger partial charge in [-0.05, 0) is 61.8 Å². The smallest absolute Gasteiger partial charge is 0.129 e. The van der Waals surface area contributed by atoms with Crippen LogP contribution in [-0.2, 0) is 0 Å². The van der Waals surface area contributed by atoms with Crippen LogP contribution in [0.3, 0.4) is 0 Å². The summed E-state index contributed by atoms with van der Waals surface area (Å²) < 4.78 is 16.6. The molecule has 2 unspecified atom stereocenters. The molecular weight excluding hydrogens is 343 g/mol. The fourth-order valence-electron chi connectivity index (χ4n) is 7.11. The van der Waals surface area contributed by atoms with E-state index >= 15 is 0 Å². The molecule has 1 aromatic heterocycles. The third-order valence-electron chi connectivity index (χ3n) is 8.09. The van der Waals surface area contributed by atoms with Crippen LogP contribution in [0, 0.1) is 29.5 Å². The molecule has 2 aromatic rings. The van der Waals surface area contributed by atoms with Crippen LogP contribution in [0.25, 0.3) is 11.3 Å². The fourth-order valence-corrected chi connectivity index (χ4v) is 7.11. The molecule has 0 radical (unpaired) electrons. The standard InChI is InChI=1S/C22H25FN2O2/c23-17-3-1-2-16-19-10-24-11-25(19)18(21(16)17)9-20(26)22(27)14-5-12-4-13(7-14)8-15(22)6-12/h1-3,10-15,18,20,26-27H,4-9H2. The van der Waals surface area contributed by atoms with Crippen LogP contribution in [0.4, 0.5) is 4.39 Å². The summed E-state index contributed by atoms with van der Waals surface area (Å²) in [6.07, 6.45) is 8.39. The molecule has 2 heterocycles. The van der Waals surface area contributed by atoms with Gasteiger partial charge in [0.15, 0.2) is 0 Å². The predicted octanol–water partition coefficient (Wildman–Crippen LogP) is 3.53. The second kappa shape index (κ2) is 5.42. The van der Waals surface area contributed by atoms with Crippen molar-refractivity contribution in [3.05, 3.63) is 42.1 Å². The van der Waals surface area contributed by atoms with Crippen LogP contribution < -0.4 is 0 Å². The topological polar surface area (TPSA) is 58.3 Å². The molecule has 4 aliphatic carbocycles. The summed E-state index contributed by atoms with van der Waals surface area (Å²) in [4.78, 5) is 4.23. The first-order chi connectivity index (χ1) is 13.1. The molecule has 1 aromatic carbocycles. The first-order valence-electron chi connectivity index (χ1n) is 10.3. The number of benzene rings is 1. The van der Waals surface area contributed by atoms with E-state index in [0.29, 0.717) is 12.0 Å². The van der Waals surface area contributed by atoms with Crippen molar-refractivity contribution >= 4 is 0 Å². The number of imidazole rings is 1. The maximum Gasteiger partial charge on any atom is 0.129 e. The molecule has 5 heteroatoms. The second-order valence-corrected chi connectivity index (χ2v) is 9.35. The maximum atomic E-state index is 14.7. The highest BCUT2D eigenvalue weighted by molar-refractivity contribution is 5.69. The monoisotopic (exact) mass is 368 g/mol. The van der Waals surface area contributed by atoms with Gasteiger partial charge in [0, 0.05) is 17.5 Å². The van der Waals surface area contributed by atoms with E-state index in [1.54, 1.807) is 18.6 Å². The average Bonchev–Trinajstić information content (AvgIpc) is 3.22. The summed E-state index contributed by atoms with van der Waals surface area (Å²) in [5.41, 5.74) is 1.34. The Balaban J connectivity index is 1.36. The number of fused-ring (bicyclic) bond motifs is 3. The molecule has 0 saturated heterocycles. The number of rotatable bonds is 3. The molecule has 27 heavy (non-hydrogen) atoms. The van der Waals surface area contributed by atoms with E-state index in [4.69, 9.17) is 0 Å². The molecule has 5 aliphatic rings. The number of aliphatic hydroxyl groups excluding tert-OH is 1. The summed E-state index contributed by atoms with van der Waals surface area (Å²) in [5.74, 6) is 1.58. The Kier molecular flexibility index (Phi) is 3.26. The SMILES string of the molecule is OC(CC1c2c(F)cccc2-c2cncn21)C1(O)C2CC3CC(C2)CC1C3. The average molecular weight is 368 g/mol. The summed E-state index contributed by atoms with van der Waals surface area (Å²) in [6, 6.07) is 4.80. The molecule has 4 bridgehead atoms. The number of aromatic nitrogens is 2. The van der Waals surface area contributed by atoms with E-state index in [1.165, 1.54) is 12.5 Å². The molecule has 0 amide bonds. The Morgan fingerprint density at radius 1 is 1.15 bits per heavy atom. The zero-order chi connectivity index (χ0) is 18.3. The van der Waals surface area contributed by atoms with Crippen molar-refractivity contribution in [2.45, 2.75) is 56.3 Å². The number of aliphatic hydroxyl groups is 2. The van der Waals surface area contributed by atoms with Gasteiger partial charge in [-0.25, -0.2) is 9.37 Å². The Bertz CT molecular complexity index is 879. The van der Waals surface area contributed by atoms with Crippen molar-refractivity contribution in [1.29, 1.82) is 0 Å². The van der Waals surface area contributed by atoms with Gasteiger partial charge in [0.25, 0.3) is 0 Å². The lowest BCUT2D eigenvalue weighted by Crippen LogP contribution is -2.63. The lowest BCUT2D eigenvalue weighted by Gasteiger charge is -2.60. The van der Waals surface area contributed by atoms with Gasteiger partial charge in [0.05, 0.1) is 36.0 Å². The zero-order valence-corrected chi connectivity index (χ0v) is 15.3. The summed E-state index contributed by atoms with van der Waals surface area (Å²) in [6.45, 7) is 0. The highest BCUT2D eigenvalue weighted by Gasteiger charge is 2.59. The molecular formula is C22H25FN2O2. The van der Waals surface area contributed by atoms with Crippen molar-refractivity contribution in [3.8, 4) is 11.3 Å². The van der Waals surface area contributed by atoms with Crippen LogP contribution in [0.5, 0.6) is 0 Å². The molecule has 4 fully saturated rings. The highest BCUT2D eigenvalue weighted by Crippen LogP contribution is 2.60. The van der Waals surface area contributed by atoms with Gasteiger partial charge >= 0.3 is 0 Å².